The molecule has 0 aliphatic rings. The van der Waals surface area contributed by atoms with Crippen LogP contribution in [-0.2, 0) is 19.0 Å². The minimum absolute atomic E-state index is 0.0953. The van der Waals surface area contributed by atoms with E-state index in [1.54, 1.807) is 30.3 Å². The lowest BCUT2D eigenvalue weighted by Gasteiger charge is -2.23. The smallest absolute Gasteiger partial charge is 0.446 e. The Labute approximate surface area is 250 Å². The van der Waals surface area contributed by atoms with E-state index < -0.39 is 41.1 Å². The molecule has 0 saturated carbocycles. The fraction of sp³-hybridized carbons (Fsp3) is 0.226. The molecule has 4 aromatic carbocycles. The van der Waals surface area contributed by atoms with Crippen LogP contribution in [0.15, 0.2) is 102 Å². The van der Waals surface area contributed by atoms with Gasteiger partial charge in [-0.25, -0.2) is 0 Å². The molecule has 0 fully saturated rings. The lowest BCUT2D eigenvalue weighted by atomic mass is 9.97. The Morgan fingerprint density at radius 1 is 0.659 bits per heavy atom. The van der Waals surface area contributed by atoms with Gasteiger partial charge in [-0.15, -0.1) is 0 Å². The summed E-state index contributed by atoms with van der Waals surface area (Å²) in [6.45, 7) is -0.391. The van der Waals surface area contributed by atoms with Crippen LogP contribution >= 0.6 is 11.8 Å². The maximum atomic E-state index is 13.1. The van der Waals surface area contributed by atoms with Crippen molar-refractivity contribution < 1.29 is 49.4 Å². The number of aliphatic hydroxyl groups is 1. The van der Waals surface area contributed by atoms with Gasteiger partial charge in [-0.3, -0.25) is 0 Å². The summed E-state index contributed by atoms with van der Waals surface area (Å²) in [6.07, 6.45) is -10.4. The zero-order valence-corrected chi connectivity index (χ0v) is 23.3. The summed E-state index contributed by atoms with van der Waals surface area (Å²) in [4.78, 5) is -0.0953. The van der Waals surface area contributed by atoms with Crippen LogP contribution in [0.4, 0.5) is 39.5 Å². The number of rotatable bonds is 10. The summed E-state index contributed by atoms with van der Waals surface area (Å²) in [7, 11) is 0. The molecule has 4 aromatic rings. The highest BCUT2D eigenvalue weighted by atomic mass is 32.2. The van der Waals surface area contributed by atoms with Crippen molar-refractivity contribution in [2.75, 3.05) is 6.54 Å². The van der Waals surface area contributed by atoms with Crippen LogP contribution in [0.1, 0.15) is 45.5 Å². The third-order valence-electron chi connectivity index (χ3n) is 6.41. The summed E-state index contributed by atoms with van der Waals surface area (Å²) in [6, 6.07) is 19.7. The van der Waals surface area contributed by atoms with Gasteiger partial charge in [0.05, 0.1) is 23.3 Å². The lowest BCUT2D eigenvalue weighted by molar-refractivity contribution is -0.138. The van der Waals surface area contributed by atoms with E-state index >= 15 is 0 Å². The molecule has 13 heteroatoms. The van der Waals surface area contributed by atoms with Crippen molar-refractivity contribution in [3.63, 3.8) is 0 Å². The van der Waals surface area contributed by atoms with Gasteiger partial charge in [0.15, 0.2) is 0 Å². The first kappa shape index (κ1) is 33.2. The van der Waals surface area contributed by atoms with E-state index in [9.17, 15) is 44.6 Å². The highest BCUT2D eigenvalue weighted by Gasteiger charge is 2.32. The molecule has 0 spiro atoms. The summed E-state index contributed by atoms with van der Waals surface area (Å²) >= 11 is -0.310. The second kappa shape index (κ2) is 13.5. The van der Waals surface area contributed by atoms with Gasteiger partial charge in [-0.2, -0.15) is 39.5 Å². The van der Waals surface area contributed by atoms with Crippen LogP contribution in [0.2, 0.25) is 0 Å². The topological polar surface area (TPSA) is 41.5 Å². The fourth-order valence-electron chi connectivity index (χ4n) is 4.35. The normalized spacial score (nSPS) is 13.9. The first-order chi connectivity index (χ1) is 20.6. The Bertz CT molecular complexity index is 1540. The fourth-order valence-corrected chi connectivity index (χ4v) is 4.96. The number of hydrogen-bond donors (Lipinski definition) is 2. The van der Waals surface area contributed by atoms with E-state index in [2.05, 4.69) is 5.32 Å². The molecule has 0 radical (unpaired) electrons. The first-order valence-corrected chi connectivity index (χ1v) is 13.7. The van der Waals surface area contributed by atoms with Gasteiger partial charge in [0.1, 0.15) is 12.4 Å². The van der Waals surface area contributed by atoms with Gasteiger partial charge in [-0.1, -0.05) is 48.5 Å². The molecule has 0 aliphatic carbocycles. The molecule has 2 N–H and O–H groups in total. The molecule has 0 aliphatic heterocycles. The lowest BCUT2D eigenvalue weighted by Crippen LogP contribution is -2.27. The third-order valence-corrected chi connectivity index (χ3v) is 7.14. The molecule has 4 rings (SSSR count). The minimum Gasteiger partial charge on any atom is -0.489 e. The van der Waals surface area contributed by atoms with Gasteiger partial charge in [-0.05, 0) is 82.5 Å². The van der Waals surface area contributed by atoms with Gasteiger partial charge < -0.3 is 15.2 Å². The van der Waals surface area contributed by atoms with Gasteiger partial charge in [0.2, 0.25) is 0 Å². The molecule has 0 heterocycles. The van der Waals surface area contributed by atoms with Crippen LogP contribution in [0.3, 0.4) is 0 Å². The van der Waals surface area contributed by atoms with Crippen LogP contribution in [0, 0.1) is 0 Å². The molecule has 234 valence electrons. The molecule has 2 unspecified atom stereocenters. The van der Waals surface area contributed by atoms with Gasteiger partial charge in [0, 0.05) is 11.4 Å². The molecule has 2 atom stereocenters. The molecule has 3 nitrogen and oxygen atoms in total. The van der Waals surface area contributed by atoms with E-state index in [-0.39, 0.29) is 46.7 Å². The summed E-state index contributed by atoms with van der Waals surface area (Å²) in [5, 5.41) is 13.8. The molecule has 0 aromatic heterocycles. The molecule has 0 bridgehead atoms. The Morgan fingerprint density at radius 3 is 1.91 bits per heavy atom. The number of thioether (sulfide) groups is 1. The van der Waals surface area contributed by atoms with Crippen molar-refractivity contribution in [2.45, 2.75) is 41.5 Å². The molecular weight excluding hydrogens is 621 g/mol. The van der Waals surface area contributed by atoms with Crippen molar-refractivity contribution in [3.05, 3.63) is 130 Å². The molecular formula is C31H24F9NO2S. The SMILES string of the molecule is OC(CNC(c1cccc(OCc2cccc(C(F)(F)F)c2)c1)c1cccc(SC(F)(F)F)c1)c1ccc(C(F)(F)F)cc1. The number of nitrogens with one attached hydrogen (secondary N) is 1. The maximum absolute atomic E-state index is 13.1. The van der Waals surface area contributed by atoms with Gasteiger partial charge in [0.25, 0.3) is 0 Å². The Kier molecular flexibility index (Phi) is 10.2. The highest BCUT2D eigenvalue weighted by molar-refractivity contribution is 8.00. The van der Waals surface area contributed by atoms with Gasteiger partial charge >= 0.3 is 17.9 Å². The second-order valence-electron chi connectivity index (χ2n) is 9.66. The maximum Gasteiger partial charge on any atom is 0.446 e. The standard InChI is InChI=1S/C31H24F9NO2S/c32-29(33,34)23-12-10-20(11-13-23)27(42)17-41-28(22-6-3-9-26(16-22)44-31(38,39)40)21-5-2-8-25(15-21)43-18-19-4-1-7-24(14-19)30(35,36)37/h1-16,27-28,41-42H,17-18H2. The van der Waals surface area contributed by atoms with E-state index in [1.807, 2.05) is 0 Å². The van der Waals surface area contributed by atoms with E-state index in [4.69, 9.17) is 4.74 Å². The predicted molar refractivity (Wildman–Crippen MR) is 147 cm³/mol. The Hall–Kier alpha value is -3.68. The average Bonchev–Trinajstić information content (AvgIpc) is 2.95. The zero-order chi connectivity index (χ0) is 32.1. The Morgan fingerprint density at radius 2 is 1.27 bits per heavy atom. The largest absolute Gasteiger partial charge is 0.489 e. The highest BCUT2D eigenvalue weighted by Crippen LogP contribution is 2.38. The summed E-state index contributed by atoms with van der Waals surface area (Å²) in [5.41, 5.74) is -4.95. The van der Waals surface area contributed by atoms with E-state index in [1.165, 1.54) is 30.3 Å². The summed E-state index contributed by atoms with van der Waals surface area (Å²) in [5.74, 6) is 0.260. The van der Waals surface area contributed by atoms with Crippen molar-refractivity contribution >= 4 is 11.8 Å². The monoisotopic (exact) mass is 645 g/mol. The van der Waals surface area contributed by atoms with Crippen LogP contribution in [-0.4, -0.2) is 17.2 Å². The molecule has 44 heavy (non-hydrogen) atoms. The first-order valence-electron chi connectivity index (χ1n) is 12.9. The molecule has 0 saturated heterocycles. The van der Waals surface area contributed by atoms with Crippen LogP contribution < -0.4 is 10.1 Å². The quantitative estimate of drug-likeness (QED) is 0.133. The van der Waals surface area contributed by atoms with E-state index in [0.717, 1.165) is 36.4 Å². The van der Waals surface area contributed by atoms with Crippen molar-refractivity contribution in [3.8, 4) is 5.75 Å². The number of hydrogen-bond acceptors (Lipinski definition) is 4. The van der Waals surface area contributed by atoms with Crippen molar-refractivity contribution in [1.82, 2.24) is 5.32 Å². The number of halogens is 9. The van der Waals surface area contributed by atoms with Crippen molar-refractivity contribution in [2.24, 2.45) is 0 Å². The molecule has 0 amide bonds. The predicted octanol–water partition coefficient (Wildman–Crippen LogP) is 9.33. The second-order valence-corrected chi connectivity index (χ2v) is 10.8. The average molecular weight is 646 g/mol. The minimum atomic E-state index is -4.56. The number of benzene rings is 4. The van der Waals surface area contributed by atoms with E-state index in [0.29, 0.717) is 11.1 Å². The van der Waals surface area contributed by atoms with Crippen molar-refractivity contribution in [1.29, 1.82) is 0 Å². The van der Waals surface area contributed by atoms with Crippen LogP contribution in [0.5, 0.6) is 5.75 Å². The van der Waals surface area contributed by atoms with Crippen LogP contribution in [0.25, 0.3) is 0 Å². The number of ether oxygens (including phenoxy) is 1. The summed E-state index contributed by atoms with van der Waals surface area (Å²) < 4.78 is 123. The number of alkyl halides is 9. The third kappa shape index (κ3) is 9.41. The zero-order valence-electron chi connectivity index (χ0n) is 22.5. The Balaban J connectivity index is 1.58. The number of aliphatic hydroxyl groups excluding tert-OH is 1.